The van der Waals surface area contributed by atoms with Gasteiger partial charge in [-0.15, -0.1) is 0 Å². The summed E-state index contributed by atoms with van der Waals surface area (Å²) in [5.74, 6) is -0.281. The van der Waals surface area contributed by atoms with Gasteiger partial charge in [-0.2, -0.15) is 0 Å². The van der Waals surface area contributed by atoms with Crippen molar-refractivity contribution in [3.8, 4) is 11.3 Å². The van der Waals surface area contributed by atoms with Crippen LogP contribution in [0.2, 0.25) is 0 Å². The summed E-state index contributed by atoms with van der Waals surface area (Å²) in [6, 6.07) is 20.6. The van der Waals surface area contributed by atoms with E-state index in [1.165, 1.54) is 6.07 Å². The van der Waals surface area contributed by atoms with Gasteiger partial charge in [0.05, 0.1) is 11.3 Å². The Balaban J connectivity index is 1.85. The third-order valence-corrected chi connectivity index (χ3v) is 6.44. The molecule has 5 nitrogen and oxygen atoms in total. The summed E-state index contributed by atoms with van der Waals surface area (Å²) in [6.07, 6.45) is 1.81. The van der Waals surface area contributed by atoms with Crippen molar-refractivity contribution in [2.24, 2.45) is 10.7 Å². The lowest BCUT2D eigenvalue weighted by molar-refractivity contribution is 0.610. The van der Waals surface area contributed by atoms with Crippen molar-refractivity contribution in [2.45, 2.75) is 32.9 Å². The van der Waals surface area contributed by atoms with Gasteiger partial charge in [-0.1, -0.05) is 36.4 Å². The molecule has 0 unspecified atom stereocenters. The van der Waals surface area contributed by atoms with Gasteiger partial charge in [0.15, 0.2) is 0 Å². The van der Waals surface area contributed by atoms with Crippen molar-refractivity contribution in [3.63, 3.8) is 0 Å². The van der Waals surface area contributed by atoms with Crippen LogP contribution in [-0.2, 0) is 12.1 Å². The first-order valence-corrected chi connectivity index (χ1v) is 11.3. The highest BCUT2D eigenvalue weighted by atomic mass is 19.1. The molecule has 2 aromatic carbocycles. The first-order valence-electron chi connectivity index (χ1n) is 11.3. The Morgan fingerprint density at radius 2 is 1.76 bits per heavy atom. The number of aliphatic imine (C=N–C) groups is 1. The maximum atomic E-state index is 15.0. The summed E-state index contributed by atoms with van der Waals surface area (Å²) in [7, 11) is 0. The molecule has 0 amide bonds. The first-order chi connectivity index (χ1) is 16.3. The number of aromatic nitrogens is 2. The smallest absolute Gasteiger partial charge is 0.253 e. The number of rotatable bonds is 4. The lowest BCUT2D eigenvalue weighted by Crippen LogP contribution is -2.30. The monoisotopic (exact) mass is 452 g/mol. The van der Waals surface area contributed by atoms with E-state index in [9.17, 15) is 9.18 Å². The van der Waals surface area contributed by atoms with Gasteiger partial charge in [0.2, 0.25) is 0 Å². The summed E-state index contributed by atoms with van der Waals surface area (Å²) < 4.78 is 16.6. The second-order valence-electron chi connectivity index (χ2n) is 8.62. The summed E-state index contributed by atoms with van der Waals surface area (Å²) in [5, 5.41) is 0. The molecule has 2 N–H and O–H groups in total. The number of nitrogens with zero attached hydrogens (tertiary/aromatic N) is 3. The average molecular weight is 453 g/mol. The number of halogens is 1. The normalized spacial score (nSPS) is 16.9. The zero-order valence-electron chi connectivity index (χ0n) is 19.3. The lowest BCUT2D eigenvalue weighted by Gasteiger charge is -2.30. The maximum Gasteiger partial charge on any atom is 0.253 e. The number of amidine groups is 1. The fourth-order valence-corrected chi connectivity index (χ4v) is 4.81. The molecule has 0 saturated heterocycles. The quantitative estimate of drug-likeness (QED) is 0.488. The number of aryl methyl sites for hydroxylation is 3. The van der Waals surface area contributed by atoms with Gasteiger partial charge >= 0.3 is 0 Å². The van der Waals surface area contributed by atoms with E-state index in [2.05, 4.69) is 4.98 Å². The van der Waals surface area contributed by atoms with Gasteiger partial charge in [0.25, 0.3) is 5.56 Å². The Kier molecular flexibility index (Phi) is 5.16. The molecule has 0 aliphatic carbocycles. The molecule has 1 aliphatic rings. The van der Waals surface area contributed by atoms with Gasteiger partial charge in [-0.25, -0.2) is 9.38 Å². The molecule has 3 heterocycles. The number of hydrogen-bond donors (Lipinski definition) is 1. The SMILES string of the molecule is CCn1cc([C@]2(c3cccc(-c4cccc(C)n4)c3)N=C(N)c3c(F)cccc32)cc(C)c1=O. The zero-order chi connectivity index (χ0) is 24.0. The van der Waals surface area contributed by atoms with E-state index in [0.717, 1.165) is 28.1 Å². The molecule has 1 aliphatic heterocycles. The summed E-state index contributed by atoms with van der Waals surface area (Å²) >= 11 is 0. The van der Waals surface area contributed by atoms with Gasteiger partial charge in [0, 0.05) is 40.7 Å². The van der Waals surface area contributed by atoms with E-state index in [1.54, 1.807) is 17.6 Å². The Labute approximate surface area is 197 Å². The van der Waals surface area contributed by atoms with Crippen LogP contribution < -0.4 is 11.3 Å². The Hall–Kier alpha value is -4.06. The number of hydrogen-bond acceptors (Lipinski definition) is 4. The molecular weight excluding hydrogens is 427 g/mol. The van der Waals surface area contributed by atoms with Crippen molar-refractivity contribution in [3.05, 3.63) is 123 Å². The molecule has 0 spiro atoms. The average Bonchev–Trinajstić information content (AvgIpc) is 3.15. The number of fused-ring (bicyclic) bond motifs is 1. The van der Waals surface area contributed by atoms with E-state index in [4.69, 9.17) is 10.7 Å². The highest BCUT2D eigenvalue weighted by Crippen LogP contribution is 2.47. The minimum absolute atomic E-state index is 0.0616. The predicted molar refractivity (Wildman–Crippen MR) is 133 cm³/mol. The molecule has 4 aromatic rings. The van der Waals surface area contributed by atoms with Crippen molar-refractivity contribution >= 4 is 5.84 Å². The molecule has 0 bridgehead atoms. The molecule has 0 radical (unpaired) electrons. The highest BCUT2D eigenvalue weighted by molar-refractivity contribution is 6.03. The van der Waals surface area contributed by atoms with Gasteiger partial charge in [0.1, 0.15) is 17.2 Å². The molecule has 34 heavy (non-hydrogen) atoms. The van der Waals surface area contributed by atoms with Gasteiger partial charge in [-0.05, 0) is 56.7 Å². The fourth-order valence-electron chi connectivity index (χ4n) is 4.81. The van der Waals surface area contributed by atoms with Crippen molar-refractivity contribution in [1.82, 2.24) is 9.55 Å². The van der Waals surface area contributed by atoms with Crippen LogP contribution in [0.15, 0.2) is 82.7 Å². The highest BCUT2D eigenvalue weighted by Gasteiger charge is 2.44. The minimum Gasteiger partial charge on any atom is -0.383 e. The van der Waals surface area contributed by atoms with Crippen LogP contribution in [0.3, 0.4) is 0 Å². The van der Waals surface area contributed by atoms with Crippen LogP contribution in [0.1, 0.15) is 40.4 Å². The first kappa shape index (κ1) is 21.8. The van der Waals surface area contributed by atoms with Gasteiger partial charge in [-0.3, -0.25) is 9.78 Å². The van der Waals surface area contributed by atoms with Crippen LogP contribution in [0.4, 0.5) is 4.39 Å². The van der Waals surface area contributed by atoms with Crippen LogP contribution >= 0.6 is 0 Å². The van der Waals surface area contributed by atoms with E-state index >= 15 is 0 Å². The molecule has 1 atom stereocenters. The van der Waals surface area contributed by atoms with E-state index in [1.807, 2.05) is 74.6 Å². The summed E-state index contributed by atoms with van der Waals surface area (Å²) in [4.78, 5) is 22.3. The standard InChI is InChI=1S/C28H25FN4O/c1-4-33-16-21(14-17(2)27(33)34)28(22-11-7-12-23(29)25(22)26(30)32-28)20-10-6-9-19(15-20)24-13-5-8-18(3)31-24/h5-16H,4H2,1-3H3,(H2,30,32)/t28-/m0/s1. The minimum atomic E-state index is -1.10. The van der Waals surface area contributed by atoms with E-state index in [-0.39, 0.29) is 11.4 Å². The van der Waals surface area contributed by atoms with Gasteiger partial charge < -0.3 is 10.3 Å². The molecule has 2 aromatic heterocycles. The number of benzene rings is 2. The van der Waals surface area contributed by atoms with Crippen molar-refractivity contribution in [2.75, 3.05) is 0 Å². The van der Waals surface area contributed by atoms with E-state index < -0.39 is 11.4 Å². The second kappa shape index (κ2) is 8.06. The Bertz CT molecular complexity index is 1520. The Morgan fingerprint density at radius 1 is 1.00 bits per heavy atom. The van der Waals surface area contributed by atoms with Crippen LogP contribution in [-0.4, -0.2) is 15.4 Å². The van der Waals surface area contributed by atoms with Crippen LogP contribution in [0.25, 0.3) is 11.3 Å². The van der Waals surface area contributed by atoms with Crippen molar-refractivity contribution < 1.29 is 4.39 Å². The van der Waals surface area contributed by atoms with Crippen LogP contribution in [0.5, 0.6) is 0 Å². The Morgan fingerprint density at radius 3 is 2.53 bits per heavy atom. The van der Waals surface area contributed by atoms with Crippen LogP contribution in [0, 0.1) is 19.7 Å². The third kappa shape index (κ3) is 3.25. The molecule has 0 saturated carbocycles. The fraction of sp³-hybridized carbons (Fsp3) is 0.179. The molecule has 170 valence electrons. The maximum absolute atomic E-state index is 15.0. The second-order valence-corrected chi connectivity index (χ2v) is 8.62. The molecule has 5 rings (SSSR count). The lowest BCUT2D eigenvalue weighted by atomic mass is 9.77. The predicted octanol–water partition coefficient (Wildman–Crippen LogP) is 4.70. The van der Waals surface area contributed by atoms with E-state index in [0.29, 0.717) is 23.2 Å². The largest absolute Gasteiger partial charge is 0.383 e. The zero-order valence-corrected chi connectivity index (χ0v) is 19.3. The number of nitrogens with two attached hydrogens (primary N) is 1. The summed E-state index contributed by atoms with van der Waals surface area (Å²) in [5.41, 5.74) is 11.0. The number of pyridine rings is 2. The molecular formula is C28H25FN4O. The van der Waals surface area contributed by atoms with Crippen molar-refractivity contribution in [1.29, 1.82) is 0 Å². The topological polar surface area (TPSA) is 73.3 Å². The summed E-state index contributed by atoms with van der Waals surface area (Å²) in [6.45, 7) is 6.16. The molecule has 0 fully saturated rings. The molecule has 6 heteroatoms. The third-order valence-electron chi connectivity index (χ3n) is 6.44.